The zero-order valence-corrected chi connectivity index (χ0v) is 10.8. The molecule has 17 heavy (non-hydrogen) atoms. The van der Waals surface area contributed by atoms with Gasteiger partial charge in [0.25, 0.3) is 0 Å². The average Bonchev–Trinajstić information content (AvgIpc) is 2.34. The normalized spacial score (nSPS) is 10.9. The first-order valence-corrected chi connectivity index (χ1v) is 5.65. The molecule has 0 N–H and O–H groups in total. The zero-order valence-electron chi connectivity index (χ0n) is 9.22. The van der Waals surface area contributed by atoms with Crippen molar-refractivity contribution in [3.8, 4) is 0 Å². The summed E-state index contributed by atoms with van der Waals surface area (Å²) < 4.78 is 5.33. The van der Waals surface area contributed by atoms with E-state index >= 15 is 0 Å². The molecule has 0 aliphatic heterocycles. The lowest BCUT2D eigenvalue weighted by Gasteiger charge is -1.94. The number of carbonyl (C=O) groups excluding carboxylic acids is 2. The largest absolute Gasteiger partial charge is 0.466 e. The van der Waals surface area contributed by atoms with Gasteiger partial charge in [0.05, 0.1) is 7.11 Å². The molecule has 3 nitrogen and oxygen atoms in total. The van der Waals surface area contributed by atoms with Gasteiger partial charge in [-0.3, -0.25) is 4.79 Å². The number of rotatable bonds is 4. The molecule has 0 atom stereocenters. The number of allylic oxidation sites excluding steroid dienone is 3. The summed E-state index contributed by atoms with van der Waals surface area (Å²) in [6.07, 6.45) is 5.60. The van der Waals surface area contributed by atoms with E-state index in [9.17, 15) is 9.59 Å². The summed E-state index contributed by atoms with van der Waals surface area (Å²) in [5.74, 6) is -0.572. The van der Waals surface area contributed by atoms with Crippen LogP contribution < -0.4 is 0 Å². The van der Waals surface area contributed by atoms with Gasteiger partial charge in [0.15, 0.2) is 5.78 Å². The van der Waals surface area contributed by atoms with Crippen LogP contribution in [0.4, 0.5) is 0 Å². The van der Waals surface area contributed by atoms with E-state index in [1.165, 1.54) is 31.4 Å². The number of hydrogen-bond acceptors (Lipinski definition) is 3. The molecule has 0 saturated carbocycles. The molecule has 4 heteroatoms. The summed E-state index contributed by atoms with van der Waals surface area (Å²) in [5, 5.41) is 0. The molecule has 0 heterocycles. The Hall–Kier alpha value is -1.68. The number of ketones is 1. The van der Waals surface area contributed by atoms with Gasteiger partial charge in [-0.15, -0.1) is 0 Å². The third kappa shape index (κ3) is 4.78. The molecular weight excluding hydrogens is 284 g/mol. The van der Waals surface area contributed by atoms with Crippen LogP contribution in [0.1, 0.15) is 10.4 Å². The molecule has 88 valence electrons. The monoisotopic (exact) mass is 294 g/mol. The van der Waals surface area contributed by atoms with Crippen molar-refractivity contribution >= 4 is 27.7 Å². The highest BCUT2D eigenvalue weighted by Gasteiger charge is 1.99. The first kappa shape index (κ1) is 13.4. The number of methoxy groups -OCH3 is 1. The van der Waals surface area contributed by atoms with Crippen molar-refractivity contribution in [1.82, 2.24) is 0 Å². The summed E-state index contributed by atoms with van der Waals surface area (Å²) in [6, 6.07) is 7.04. The summed E-state index contributed by atoms with van der Waals surface area (Å²) in [5.41, 5.74) is 0.593. The first-order valence-electron chi connectivity index (χ1n) is 4.86. The second-order valence-corrected chi connectivity index (χ2v) is 4.03. The highest BCUT2D eigenvalue weighted by Crippen LogP contribution is 2.11. The molecule has 0 radical (unpaired) electrons. The Bertz CT molecular complexity index is 458. The molecule has 0 bridgehead atoms. The van der Waals surface area contributed by atoms with Crippen LogP contribution in [-0.4, -0.2) is 18.9 Å². The van der Waals surface area contributed by atoms with E-state index in [0.29, 0.717) is 5.56 Å². The maximum absolute atomic E-state index is 11.6. The van der Waals surface area contributed by atoms with E-state index in [2.05, 4.69) is 20.7 Å². The van der Waals surface area contributed by atoms with Crippen molar-refractivity contribution in [2.75, 3.05) is 7.11 Å². The van der Waals surface area contributed by atoms with Gasteiger partial charge in [0.2, 0.25) is 0 Å². The average molecular weight is 295 g/mol. The van der Waals surface area contributed by atoms with Crippen molar-refractivity contribution < 1.29 is 14.3 Å². The highest BCUT2D eigenvalue weighted by atomic mass is 79.9. The van der Waals surface area contributed by atoms with E-state index < -0.39 is 5.97 Å². The summed E-state index contributed by atoms with van der Waals surface area (Å²) in [4.78, 5) is 22.3. The number of benzene rings is 1. The molecule has 1 aromatic carbocycles. The number of carbonyl (C=O) groups is 2. The molecule has 1 aromatic rings. The van der Waals surface area contributed by atoms with E-state index in [-0.39, 0.29) is 5.78 Å². The number of esters is 1. The van der Waals surface area contributed by atoms with Gasteiger partial charge in [0, 0.05) is 16.1 Å². The van der Waals surface area contributed by atoms with Crippen molar-refractivity contribution in [3.63, 3.8) is 0 Å². The molecule has 0 amide bonds. The Kier molecular flexibility index (Phi) is 5.36. The van der Waals surface area contributed by atoms with Gasteiger partial charge in [-0.1, -0.05) is 28.1 Å². The Balaban J connectivity index is 2.60. The van der Waals surface area contributed by atoms with Crippen molar-refractivity contribution in [2.24, 2.45) is 0 Å². The lowest BCUT2D eigenvalue weighted by atomic mass is 10.1. The molecule has 0 aliphatic rings. The zero-order chi connectivity index (χ0) is 12.7. The Morgan fingerprint density at radius 2 is 1.71 bits per heavy atom. The van der Waals surface area contributed by atoms with Gasteiger partial charge in [0.1, 0.15) is 0 Å². The van der Waals surface area contributed by atoms with E-state index in [1.807, 2.05) is 0 Å². The Labute approximate surface area is 108 Å². The third-order valence-electron chi connectivity index (χ3n) is 1.92. The molecule has 0 aromatic heterocycles. The summed E-state index contributed by atoms with van der Waals surface area (Å²) >= 11 is 3.29. The Morgan fingerprint density at radius 1 is 1.12 bits per heavy atom. The SMILES string of the molecule is COC(=O)C=CC=CC(=O)c1ccc(Br)cc1. The molecule has 0 fully saturated rings. The lowest BCUT2D eigenvalue weighted by Crippen LogP contribution is -1.94. The maximum atomic E-state index is 11.6. The quantitative estimate of drug-likeness (QED) is 0.371. The predicted molar refractivity (Wildman–Crippen MR) is 68.8 cm³/mol. The number of halogens is 1. The minimum atomic E-state index is -0.453. The van der Waals surface area contributed by atoms with Crippen LogP contribution in [0.2, 0.25) is 0 Å². The van der Waals surface area contributed by atoms with Crippen LogP contribution in [0.5, 0.6) is 0 Å². The topological polar surface area (TPSA) is 43.4 Å². The van der Waals surface area contributed by atoms with Gasteiger partial charge in [-0.05, 0) is 30.3 Å². The molecule has 0 aliphatic carbocycles. The fourth-order valence-electron chi connectivity index (χ4n) is 1.06. The summed E-state index contributed by atoms with van der Waals surface area (Å²) in [7, 11) is 1.30. The molecule has 0 spiro atoms. The van der Waals surface area contributed by atoms with Gasteiger partial charge in [-0.2, -0.15) is 0 Å². The van der Waals surface area contributed by atoms with Crippen LogP contribution in [0.25, 0.3) is 0 Å². The third-order valence-corrected chi connectivity index (χ3v) is 2.45. The predicted octanol–water partition coefficient (Wildman–Crippen LogP) is 2.92. The molecule has 0 saturated heterocycles. The Morgan fingerprint density at radius 3 is 2.29 bits per heavy atom. The molecular formula is C13H11BrO3. The summed E-state index contributed by atoms with van der Waals surface area (Å²) in [6.45, 7) is 0. The van der Waals surface area contributed by atoms with Crippen molar-refractivity contribution in [2.45, 2.75) is 0 Å². The minimum Gasteiger partial charge on any atom is -0.466 e. The number of hydrogen-bond donors (Lipinski definition) is 0. The van der Waals surface area contributed by atoms with E-state index in [4.69, 9.17) is 0 Å². The van der Waals surface area contributed by atoms with Gasteiger partial charge < -0.3 is 4.74 Å². The van der Waals surface area contributed by atoms with Crippen LogP contribution in [-0.2, 0) is 9.53 Å². The fourth-order valence-corrected chi connectivity index (χ4v) is 1.32. The van der Waals surface area contributed by atoms with Gasteiger partial charge in [-0.25, -0.2) is 4.79 Å². The standard InChI is InChI=1S/C13H11BrO3/c1-17-13(16)5-3-2-4-12(15)10-6-8-11(14)9-7-10/h2-9H,1H3. The maximum Gasteiger partial charge on any atom is 0.330 e. The van der Waals surface area contributed by atoms with Crippen molar-refractivity contribution in [3.05, 3.63) is 58.6 Å². The smallest absolute Gasteiger partial charge is 0.330 e. The molecule has 0 unspecified atom stereocenters. The second-order valence-electron chi connectivity index (χ2n) is 3.11. The molecule has 1 rings (SSSR count). The second kappa shape index (κ2) is 6.81. The van der Waals surface area contributed by atoms with Crippen LogP contribution in [0.3, 0.4) is 0 Å². The highest BCUT2D eigenvalue weighted by molar-refractivity contribution is 9.10. The fraction of sp³-hybridized carbons (Fsp3) is 0.0769. The van der Waals surface area contributed by atoms with Crippen LogP contribution >= 0.6 is 15.9 Å². The first-order chi connectivity index (χ1) is 8.13. The lowest BCUT2D eigenvalue weighted by molar-refractivity contribution is -0.134. The van der Waals surface area contributed by atoms with Gasteiger partial charge >= 0.3 is 5.97 Å². The van der Waals surface area contributed by atoms with E-state index in [1.54, 1.807) is 24.3 Å². The van der Waals surface area contributed by atoms with E-state index in [0.717, 1.165) is 4.47 Å². The van der Waals surface area contributed by atoms with Crippen molar-refractivity contribution in [1.29, 1.82) is 0 Å². The van der Waals surface area contributed by atoms with Crippen LogP contribution in [0.15, 0.2) is 53.0 Å². The number of ether oxygens (including phenoxy) is 1. The van der Waals surface area contributed by atoms with Crippen LogP contribution in [0, 0.1) is 0 Å². The minimum absolute atomic E-state index is 0.119.